The zero-order valence-electron chi connectivity index (χ0n) is 19.0. The van der Waals surface area contributed by atoms with E-state index in [1.165, 1.54) is 36.9 Å². The predicted molar refractivity (Wildman–Crippen MR) is 113 cm³/mol. The molecule has 0 amide bonds. The van der Waals surface area contributed by atoms with Gasteiger partial charge in [0, 0.05) is 12.5 Å². The van der Waals surface area contributed by atoms with Crippen LogP contribution in [-0.4, -0.2) is 57.8 Å². The van der Waals surface area contributed by atoms with Crippen molar-refractivity contribution in [2.24, 2.45) is 0 Å². The highest BCUT2D eigenvalue weighted by atomic mass is 19.2. The van der Waals surface area contributed by atoms with E-state index in [0.29, 0.717) is 6.42 Å². The van der Waals surface area contributed by atoms with Crippen molar-refractivity contribution in [3.8, 4) is 11.3 Å². The van der Waals surface area contributed by atoms with Gasteiger partial charge in [-0.25, -0.2) is 13.5 Å². The standard InChI is InChI=1S/C23H27F2N3O5/c1-6-7-16-21(31-13(3)29)20(22-17(32-16)11-30-23(4,5)33-22)28-10-15(26-27-28)14-9-8-12(2)18(24)19(14)25/h6,8-10,16-17,20-22H,1,7,11H2,2-5H3/t16-,17-,20-,21+,22+/m1/s1. The fourth-order valence-electron chi connectivity index (χ4n) is 4.31. The number of carbonyl (C=O) groups is 1. The highest BCUT2D eigenvalue weighted by Crippen LogP contribution is 2.40. The van der Waals surface area contributed by atoms with E-state index < -0.39 is 53.8 Å². The maximum atomic E-state index is 14.6. The average molecular weight is 463 g/mol. The molecule has 8 nitrogen and oxygen atoms in total. The summed E-state index contributed by atoms with van der Waals surface area (Å²) in [5.41, 5.74) is 0.311. The molecule has 2 saturated heterocycles. The normalized spacial score (nSPS) is 28.7. The Morgan fingerprint density at radius 1 is 1.36 bits per heavy atom. The molecule has 33 heavy (non-hydrogen) atoms. The van der Waals surface area contributed by atoms with Gasteiger partial charge in [-0.15, -0.1) is 11.7 Å². The molecule has 2 aliphatic heterocycles. The Morgan fingerprint density at radius 3 is 2.82 bits per heavy atom. The van der Waals surface area contributed by atoms with E-state index in [4.69, 9.17) is 18.9 Å². The van der Waals surface area contributed by atoms with Crippen LogP contribution in [-0.2, 0) is 23.7 Å². The van der Waals surface area contributed by atoms with Gasteiger partial charge < -0.3 is 18.9 Å². The van der Waals surface area contributed by atoms with Crippen molar-refractivity contribution in [1.82, 2.24) is 15.0 Å². The molecule has 0 saturated carbocycles. The van der Waals surface area contributed by atoms with E-state index in [-0.39, 0.29) is 23.4 Å². The smallest absolute Gasteiger partial charge is 0.303 e. The second kappa shape index (κ2) is 8.92. The first-order valence-corrected chi connectivity index (χ1v) is 10.7. The van der Waals surface area contributed by atoms with Gasteiger partial charge in [0.1, 0.15) is 30.0 Å². The summed E-state index contributed by atoms with van der Waals surface area (Å²) in [4.78, 5) is 12.0. The third-order valence-electron chi connectivity index (χ3n) is 5.84. The Morgan fingerprint density at radius 2 is 2.12 bits per heavy atom. The number of rotatable bonds is 5. The van der Waals surface area contributed by atoms with Crippen LogP contribution in [0.4, 0.5) is 8.78 Å². The summed E-state index contributed by atoms with van der Waals surface area (Å²) in [6.45, 7) is 10.4. The van der Waals surface area contributed by atoms with Crippen LogP contribution < -0.4 is 0 Å². The summed E-state index contributed by atoms with van der Waals surface area (Å²) >= 11 is 0. The number of fused-ring (bicyclic) bond motifs is 1. The van der Waals surface area contributed by atoms with Gasteiger partial charge in [-0.1, -0.05) is 17.4 Å². The first kappa shape index (κ1) is 23.5. The molecule has 178 valence electrons. The van der Waals surface area contributed by atoms with E-state index in [1.807, 2.05) is 0 Å². The number of esters is 1. The van der Waals surface area contributed by atoms with Crippen molar-refractivity contribution >= 4 is 5.97 Å². The molecule has 5 atom stereocenters. The van der Waals surface area contributed by atoms with Crippen LogP contribution in [0, 0.1) is 18.6 Å². The quantitative estimate of drug-likeness (QED) is 0.496. The molecule has 0 aliphatic carbocycles. The summed E-state index contributed by atoms with van der Waals surface area (Å²) in [6, 6.07) is 2.27. The van der Waals surface area contributed by atoms with Crippen molar-refractivity contribution < 1.29 is 32.5 Å². The van der Waals surface area contributed by atoms with E-state index in [2.05, 4.69) is 16.9 Å². The summed E-state index contributed by atoms with van der Waals surface area (Å²) in [5, 5.41) is 8.25. The van der Waals surface area contributed by atoms with E-state index in [1.54, 1.807) is 19.9 Å². The number of hydrogen-bond donors (Lipinski definition) is 0. The third-order valence-corrected chi connectivity index (χ3v) is 5.84. The van der Waals surface area contributed by atoms with Crippen molar-refractivity contribution in [2.75, 3.05) is 6.61 Å². The summed E-state index contributed by atoms with van der Waals surface area (Å²) < 4.78 is 53.9. The van der Waals surface area contributed by atoms with Crippen molar-refractivity contribution in [3.63, 3.8) is 0 Å². The molecule has 0 unspecified atom stereocenters. The summed E-state index contributed by atoms with van der Waals surface area (Å²) in [5.74, 6) is -3.35. The Balaban J connectivity index is 1.77. The molecule has 2 aromatic rings. The molecule has 0 spiro atoms. The van der Waals surface area contributed by atoms with Crippen LogP contribution >= 0.6 is 0 Å². The van der Waals surface area contributed by atoms with Gasteiger partial charge in [-0.05, 0) is 38.8 Å². The molecule has 1 aromatic carbocycles. The van der Waals surface area contributed by atoms with E-state index >= 15 is 0 Å². The van der Waals surface area contributed by atoms with Crippen LogP contribution in [0.25, 0.3) is 11.3 Å². The molecule has 0 radical (unpaired) electrons. The van der Waals surface area contributed by atoms with Crippen LogP contribution in [0.15, 0.2) is 31.0 Å². The topological polar surface area (TPSA) is 84.7 Å². The lowest BCUT2D eigenvalue weighted by atomic mass is 9.89. The molecule has 3 heterocycles. The maximum absolute atomic E-state index is 14.6. The van der Waals surface area contributed by atoms with Crippen molar-refractivity contribution in [2.45, 2.75) is 70.4 Å². The lowest BCUT2D eigenvalue weighted by Gasteiger charge is -2.50. The van der Waals surface area contributed by atoms with E-state index in [0.717, 1.165) is 0 Å². The SMILES string of the molecule is C=CC[C@H]1O[C@@H]2COC(C)(C)O[C@@H]2[C@H](n2cc(-c3ccc(C)c(F)c3F)nn2)[C@H]1OC(C)=O. The predicted octanol–water partition coefficient (Wildman–Crippen LogP) is 3.50. The minimum atomic E-state index is -1.00. The average Bonchev–Trinajstić information content (AvgIpc) is 3.21. The number of aromatic nitrogens is 3. The fourth-order valence-corrected chi connectivity index (χ4v) is 4.31. The number of ether oxygens (including phenoxy) is 4. The monoisotopic (exact) mass is 463 g/mol. The first-order valence-electron chi connectivity index (χ1n) is 10.7. The fraction of sp³-hybridized carbons (Fsp3) is 0.522. The van der Waals surface area contributed by atoms with Crippen LogP contribution in [0.3, 0.4) is 0 Å². The molecule has 2 aliphatic rings. The zero-order valence-corrected chi connectivity index (χ0v) is 19.0. The largest absolute Gasteiger partial charge is 0.457 e. The summed E-state index contributed by atoms with van der Waals surface area (Å²) in [6.07, 6.45) is 1.17. The molecule has 1 aromatic heterocycles. The van der Waals surface area contributed by atoms with E-state index in [9.17, 15) is 13.6 Å². The lowest BCUT2D eigenvalue weighted by molar-refractivity contribution is -0.348. The zero-order chi connectivity index (χ0) is 23.9. The third kappa shape index (κ3) is 4.55. The molecule has 4 rings (SSSR count). The van der Waals surface area contributed by atoms with Gasteiger partial charge >= 0.3 is 5.97 Å². The number of hydrogen-bond acceptors (Lipinski definition) is 7. The summed E-state index contributed by atoms with van der Waals surface area (Å²) in [7, 11) is 0. The van der Waals surface area contributed by atoms with Gasteiger partial charge in [0.2, 0.25) is 0 Å². The molecular weight excluding hydrogens is 436 g/mol. The van der Waals surface area contributed by atoms with Crippen LogP contribution in [0.2, 0.25) is 0 Å². The first-order chi connectivity index (χ1) is 15.6. The number of halogens is 2. The highest BCUT2D eigenvalue weighted by molar-refractivity contribution is 5.66. The Kier molecular flexibility index (Phi) is 6.35. The Bertz CT molecular complexity index is 1060. The minimum Gasteiger partial charge on any atom is -0.457 e. The van der Waals surface area contributed by atoms with Crippen molar-refractivity contribution in [3.05, 3.63) is 48.2 Å². The molecule has 2 fully saturated rings. The van der Waals surface area contributed by atoms with Gasteiger partial charge in [-0.3, -0.25) is 4.79 Å². The second-order valence-electron chi connectivity index (χ2n) is 8.74. The van der Waals surface area contributed by atoms with Crippen molar-refractivity contribution in [1.29, 1.82) is 0 Å². The Labute approximate surface area is 190 Å². The number of aryl methyl sites for hydroxylation is 1. The molecule has 0 bridgehead atoms. The minimum absolute atomic E-state index is 0.0205. The number of benzene rings is 1. The molecular formula is C23H27F2N3O5. The van der Waals surface area contributed by atoms with Gasteiger partial charge in [0.05, 0.1) is 12.8 Å². The van der Waals surface area contributed by atoms with Gasteiger partial charge in [-0.2, -0.15) is 0 Å². The van der Waals surface area contributed by atoms with Crippen LogP contribution in [0.5, 0.6) is 0 Å². The maximum Gasteiger partial charge on any atom is 0.303 e. The number of nitrogens with zero attached hydrogens (tertiary/aromatic N) is 3. The van der Waals surface area contributed by atoms with Gasteiger partial charge in [0.25, 0.3) is 0 Å². The molecule has 0 N–H and O–H groups in total. The second-order valence-corrected chi connectivity index (χ2v) is 8.74. The van der Waals surface area contributed by atoms with Crippen LogP contribution in [0.1, 0.15) is 38.8 Å². The lowest BCUT2D eigenvalue weighted by Crippen LogP contribution is -2.62. The molecule has 10 heteroatoms. The van der Waals surface area contributed by atoms with Gasteiger partial charge in [0.15, 0.2) is 23.5 Å². The Hall–Kier alpha value is -2.69. The number of carbonyl (C=O) groups excluding carboxylic acids is 1. The highest BCUT2D eigenvalue weighted by Gasteiger charge is 2.53.